The standard InChI is InChI=1S/C14H17N3O2S/c1-17(11-3-2-4-11)20(18,19)12-6-7-13-10(9-12)5-8-14(15)16-13/h5-9,11H,2-4H2,1H3,(H2,15,16). The zero-order chi connectivity index (χ0) is 14.3. The molecule has 1 fully saturated rings. The molecule has 0 saturated heterocycles. The Labute approximate surface area is 118 Å². The number of hydrogen-bond donors (Lipinski definition) is 1. The predicted octanol–water partition coefficient (Wildman–Crippen LogP) is 1.99. The molecule has 0 aliphatic heterocycles. The number of nitrogens with zero attached hydrogens (tertiary/aromatic N) is 2. The van der Waals surface area contributed by atoms with E-state index in [1.54, 1.807) is 37.4 Å². The molecular formula is C14H17N3O2S. The monoisotopic (exact) mass is 291 g/mol. The summed E-state index contributed by atoms with van der Waals surface area (Å²) in [5.74, 6) is 0.430. The van der Waals surface area contributed by atoms with Crippen LogP contribution in [0.4, 0.5) is 5.82 Å². The van der Waals surface area contributed by atoms with Gasteiger partial charge in [0, 0.05) is 18.5 Å². The molecule has 1 aromatic carbocycles. The molecule has 0 unspecified atom stereocenters. The lowest BCUT2D eigenvalue weighted by molar-refractivity contribution is 0.249. The molecule has 2 aromatic rings. The Bertz CT molecular complexity index is 754. The fourth-order valence-electron chi connectivity index (χ4n) is 2.39. The van der Waals surface area contributed by atoms with Gasteiger partial charge in [0.05, 0.1) is 10.4 Å². The van der Waals surface area contributed by atoms with Gasteiger partial charge < -0.3 is 5.73 Å². The SMILES string of the molecule is CN(C1CCC1)S(=O)(=O)c1ccc2nc(N)ccc2c1. The number of aromatic nitrogens is 1. The first-order valence-electron chi connectivity index (χ1n) is 6.63. The lowest BCUT2D eigenvalue weighted by Crippen LogP contribution is -2.41. The van der Waals surface area contributed by atoms with E-state index >= 15 is 0 Å². The molecule has 2 N–H and O–H groups in total. The predicted molar refractivity (Wildman–Crippen MR) is 78.7 cm³/mol. The molecular weight excluding hydrogens is 274 g/mol. The van der Waals surface area contributed by atoms with Crippen LogP contribution in [0.25, 0.3) is 10.9 Å². The molecule has 1 aliphatic rings. The molecule has 0 atom stereocenters. The Morgan fingerprint density at radius 1 is 1.25 bits per heavy atom. The van der Waals surface area contributed by atoms with Crippen molar-refractivity contribution < 1.29 is 8.42 Å². The molecule has 0 spiro atoms. The third-order valence-electron chi connectivity index (χ3n) is 3.95. The van der Waals surface area contributed by atoms with Gasteiger partial charge in [-0.05, 0) is 43.2 Å². The van der Waals surface area contributed by atoms with Gasteiger partial charge in [0.1, 0.15) is 5.82 Å². The third kappa shape index (κ3) is 2.14. The normalized spacial score (nSPS) is 16.5. The van der Waals surface area contributed by atoms with Crippen LogP contribution < -0.4 is 5.73 Å². The first-order chi connectivity index (χ1) is 9.48. The van der Waals surface area contributed by atoms with E-state index in [4.69, 9.17) is 5.73 Å². The fraction of sp³-hybridized carbons (Fsp3) is 0.357. The Morgan fingerprint density at radius 2 is 2.00 bits per heavy atom. The molecule has 0 bridgehead atoms. The Morgan fingerprint density at radius 3 is 2.65 bits per heavy atom. The zero-order valence-corrected chi connectivity index (χ0v) is 12.1. The zero-order valence-electron chi connectivity index (χ0n) is 11.3. The van der Waals surface area contributed by atoms with Crippen molar-refractivity contribution in [2.24, 2.45) is 0 Å². The highest BCUT2D eigenvalue weighted by Crippen LogP contribution is 2.29. The van der Waals surface area contributed by atoms with Gasteiger partial charge in [0.2, 0.25) is 10.0 Å². The maximum Gasteiger partial charge on any atom is 0.243 e. The summed E-state index contributed by atoms with van der Waals surface area (Å²) in [7, 11) is -1.77. The number of sulfonamides is 1. The summed E-state index contributed by atoms with van der Waals surface area (Å²) in [6.07, 6.45) is 2.99. The third-order valence-corrected chi connectivity index (χ3v) is 5.85. The minimum Gasteiger partial charge on any atom is -0.384 e. The number of pyridine rings is 1. The minimum absolute atomic E-state index is 0.139. The lowest BCUT2D eigenvalue weighted by atomic mass is 9.94. The Hall–Kier alpha value is -1.66. The van der Waals surface area contributed by atoms with Crippen molar-refractivity contribution in [3.8, 4) is 0 Å². The number of rotatable bonds is 3. The number of hydrogen-bond acceptors (Lipinski definition) is 4. The average Bonchev–Trinajstić information content (AvgIpc) is 2.35. The van der Waals surface area contributed by atoms with Crippen LogP contribution in [0, 0.1) is 0 Å². The van der Waals surface area contributed by atoms with Gasteiger partial charge in [-0.3, -0.25) is 0 Å². The van der Waals surface area contributed by atoms with Crippen LogP contribution in [0.3, 0.4) is 0 Å². The molecule has 0 amide bonds. The molecule has 20 heavy (non-hydrogen) atoms. The van der Waals surface area contributed by atoms with E-state index in [2.05, 4.69) is 4.98 Å². The van der Waals surface area contributed by atoms with E-state index in [9.17, 15) is 8.42 Å². The van der Waals surface area contributed by atoms with Crippen LogP contribution >= 0.6 is 0 Å². The van der Waals surface area contributed by atoms with E-state index < -0.39 is 10.0 Å². The lowest BCUT2D eigenvalue weighted by Gasteiger charge is -2.33. The fourth-order valence-corrected chi connectivity index (χ4v) is 3.84. The molecule has 1 aliphatic carbocycles. The molecule has 1 aromatic heterocycles. The van der Waals surface area contributed by atoms with E-state index in [0.717, 1.165) is 24.6 Å². The number of nitrogens with two attached hydrogens (primary N) is 1. The maximum absolute atomic E-state index is 12.6. The molecule has 0 radical (unpaired) electrons. The maximum atomic E-state index is 12.6. The highest BCUT2D eigenvalue weighted by atomic mass is 32.2. The summed E-state index contributed by atoms with van der Waals surface area (Å²) in [5, 5.41) is 0.780. The first kappa shape index (κ1) is 13.3. The largest absolute Gasteiger partial charge is 0.384 e. The van der Waals surface area contributed by atoms with Gasteiger partial charge in [0.25, 0.3) is 0 Å². The number of benzene rings is 1. The summed E-state index contributed by atoms with van der Waals surface area (Å²) in [4.78, 5) is 4.49. The van der Waals surface area contributed by atoms with Crippen molar-refractivity contribution in [3.63, 3.8) is 0 Å². The second-order valence-electron chi connectivity index (χ2n) is 5.20. The van der Waals surface area contributed by atoms with Crippen LogP contribution in [0.5, 0.6) is 0 Å². The van der Waals surface area contributed by atoms with Gasteiger partial charge >= 0.3 is 0 Å². The van der Waals surface area contributed by atoms with E-state index in [1.165, 1.54) is 4.31 Å². The summed E-state index contributed by atoms with van der Waals surface area (Å²) in [6, 6.07) is 8.56. The van der Waals surface area contributed by atoms with Crippen LogP contribution in [0.2, 0.25) is 0 Å². The summed E-state index contributed by atoms with van der Waals surface area (Å²) >= 11 is 0. The number of fused-ring (bicyclic) bond motifs is 1. The van der Waals surface area contributed by atoms with Crippen molar-refractivity contribution in [2.75, 3.05) is 12.8 Å². The first-order valence-corrected chi connectivity index (χ1v) is 8.07. The second-order valence-corrected chi connectivity index (χ2v) is 7.19. The highest BCUT2D eigenvalue weighted by Gasteiger charge is 2.31. The van der Waals surface area contributed by atoms with Crippen molar-refractivity contribution in [1.29, 1.82) is 0 Å². The second kappa shape index (κ2) is 4.71. The van der Waals surface area contributed by atoms with Crippen LogP contribution in [-0.4, -0.2) is 30.8 Å². The van der Waals surface area contributed by atoms with Crippen LogP contribution in [0.15, 0.2) is 35.2 Å². The van der Waals surface area contributed by atoms with Crippen molar-refractivity contribution in [1.82, 2.24) is 9.29 Å². The summed E-state index contributed by atoms with van der Waals surface area (Å²) in [5.41, 5.74) is 6.33. The summed E-state index contributed by atoms with van der Waals surface area (Å²) < 4.78 is 26.6. The molecule has 1 saturated carbocycles. The topological polar surface area (TPSA) is 76.3 Å². The minimum atomic E-state index is -3.43. The smallest absolute Gasteiger partial charge is 0.243 e. The molecule has 106 valence electrons. The molecule has 5 nitrogen and oxygen atoms in total. The van der Waals surface area contributed by atoms with Gasteiger partial charge in [-0.15, -0.1) is 0 Å². The number of nitrogen functional groups attached to an aromatic ring is 1. The van der Waals surface area contributed by atoms with Crippen LogP contribution in [0.1, 0.15) is 19.3 Å². The van der Waals surface area contributed by atoms with Gasteiger partial charge in [-0.25, -0.2) is 13.4 Å². The molecule has 3 rings (SSSR count). The van der Waals surface area contributed by atoms with Gasteiger partial charge in [-0.2, -0.15) is 4.31 Å². The van der Waals surface area contributed by atoms with Crippen molar-refractivity contribution >= 4 is 26.7 Å². The molecule has 6 heteroatoms. The quantitative estimate of drug-likeness (QED) is 0.938. The van der Waals surface area contributed by atoms with Gasteiger partial charge in [0.15, 0.2) is 0 Å². The summed E-state index contributed by atoms with van der Waals surface area (Å²) in [6.45, 7) is 0. The van der Waals surface area contributed by atoms with Gasteiger partial charge in [-0.1, -0.05) is 6.42 Å². The van der Waals surface area contributed by atoms with E-state index in [1.807, 2.05) is 0 Å². The van der Waals surface area contributed by atoms with Crippen molar-refractivity contribution in [2.45, 2.75) is 30.2 Å². The van der Waals surface area contributed by atoms with Crippen LogP contribution in [-0.2, 0) is 10.0 Å². The number of anilines is 1. The average molecular weight is 291 g/mol. The van der Waals surface area contributed by atoms with Crippen molar-refractivity contribution in [3.05, 3.63) is 30.3 Å². The molecule has 1 heterocycles. The van der Waals surface area contributed by atoms with E-state index in [-0.39, 0.29) is 6.04 Å². The Kier molecular flexibility index (Phi) is 3.14. The highest BCUT2D eigenvalue weighted by molar-refractivity contribution is 7.89. The Balaban J connectivity index is 2.02. The van der Waals surface area contributed by atoms with E-state index in [0.29, 0.717) is 16.2 Å².